The van der Waals surface area contributed by atoms with Gasteiger partial charge in [-0.15, -0.1) is 0 Å². The van der Waals surface area contributed by atoms with Gasteiger partial charge in [0.05, 0.1) is 58.3 Å². The minimum Gasteiger partial charge on any atom is -0.512 e. The molecular formula is C42H47N7O5. The first kappa shape index (κ1) is 37.8. The van der Waals surface area contributed by atoms with E-state index in [-0.39, 0.29) is 36.3 Å². The van der Waals surface area contributed by atoms with E-state index in [1.807, 2.05) is 62.8 Å². The SMILES string of the molecule is CCOC(=O)CCC1=C(C)C2=CC3=NC(=Cc4[nH]c(c(=C(C)O)c4C)=CC4=NC(=CC1=N2)C(CCC(=O)NCCCn1ccnc1)=C4C)C(C(C)=O)=C3C. The lowest BCUT2D eigenvalue weighted by Crippen LogP contribution is -2.27. The molecule has 2 aromatic rings. The van der Waals surface area contributed by atoms with Gasteiger partial charge in [0.1, 0.15) is 0 Å². The number of aromatic amines is 1. The Morgan fingerprint density at radius 3 is 2.26 bits per heavy atom. The molecule has 3 N–H and O–H groups in total. The van der Waals surface area contributed by atoms with Gasteiger partial charge >= 0.3 is 5.97 Å². The Morgan fingerprint density at radius 2 is 1.56 bits per heavy atom. The standard InChI is InChI=1S/C42H47N7O5/c1-8-54-40(53)13-11-30-24(3)31-18-33-25(4)41(27(6)50)38(47-33)20-34-26(5)42(28(7)51)37(48-34)19-32-23(2)29(35(46-32)21-36(30)45-31)10-12-39(52)44-14-9-16-49-17-15-43-22-49/h15,17-22,48,51H,8-14,16H2,1-7H3,(H,44,52). The molecule has 0 saturated carbocycles. The minimum absolute atomic E-state index is 0.0555. The number of aryl methyl sites for hydroxylation is 1. The number of allylic oxidation sites excluding steroid dienone is 8. The molecule has 0 radical (unpaired) electrons. The molecule has 2 aromatic heterocycles. The summed E-state index contributed by atoms with van der Waals surface area (Å²) in [5.41, 5.74) is 10.1. The minimum atomic E-state index is -0.295. The molecule has 0 unspecified atom stereocenters. The summed E-state index contributed by atoms with van der Waals surface area (Å²) in [5.74, 6) is -0.326. The molecule has 4 aliphatic heterocycles. The fraction of sp³-hybridized carbons (Fsp3) is 0.357. The first-order chi connectivity index (χ1) is 25.9. The third-order valence-corrected chi connectivity index (χ3v) is 10.1. The van der Waals surface area contributed by atoms with Crippen molar-refractivity contribution in [1.82, 2.24) is 19.9 Å². The Labute approximate surface area is 314 Å². The van der Waals surface area contributed by atoms with Crippen molar-refractivity contribution in [2.24, 2.45) is 15.0 Å². The van der Waals surface area contributed by atoms with Crippen LogP contribution >= 0.6 is 0 Å². The molecule has 0 aromatic carbocycles. The molecule has 4 aliphatic rings. The van der Waals surface area contributed by atoms with Crippen molar-refractivity contribution in [3.8, 4) is 0 Å². The van der Waals surface area contributed by atoms with E-state index in [2.05, 4.69) is 15.3 Å². The third-order valence-electron chi connectivity index (χ3n) is 10.1. The van der Waals surface area contributed by atoms with E-state index >= 15 is 0 Å². The monoisotopic (exact) mass is 729 g/mol. The number of imidazole rings is 1. The fourth-order valence-corrected chi connectivity index (χ4v) is 7.27. The summed E-state index contributed by atoms with van der Waals surface area (Å²) in [4.78, 5) is 61.2. The summed E-state index contributed by atoms with van der Waals surface area (Å²) >= 11 is 0. The quantitative estimate of drug-likeness (QED) is 0.197. The largest absolute Gasteiger partial charge is 0.512 e. The Hall–Kier alpha value is -5.91. The Kier molecular flexibility index (Phi) is 11.2. The van der Waals surface area contributed by atoms with Crippen molar-refractivity contribution in [3.05, 3.63) is 103 Å². The van der Waals surface area contributed by atoms with Crippen molar-refractivity contribution in [1.29, 1.82) is 0 Å². The number of aromatic nitrogens is 3. The number of hydrogen-bond donors (Lipinski definition) is 3. The van der Waals surface area contributed by atoms with Gasteiger partial charge in [0.15, 0.2) is 5.78 Å². The smallest absolute Gasteiger partial charge is 0.306 e. The molecule has 0 fully saturated rings. The van der Waals surface area contributed by atoms with Crippen LogP contribution in [0.1, 0.15) is 84.9 Å². The first-order valence-electron chi connectivity index (χ1n) is 18.4. The zero-order chi connectivity index (χ0) is 38.7. The number of esters is 1. The van der Waals surface area contributed by atoms with E-state index in [0.29, 0.717) is 82.1 Å². The maximum Gasteiger partial charge on any atom is 0.306 e. The van der Waals surface area contributed by atoms with Gasteiger partial charge in [-0.25, -0.2) is 20.0 Å². The number of fused-ring (bicyclic) bond motifs is 5. The van der Waals surface area contributed by atoms with Gasteiger partial charge in [0.2, 0.25) is 5.91 Å². The number of aliphatic imine (C=N–C) groups is 3. The van der Waals surface area contributed by atoms with Gasteiger partial charge in [-0.05, 0) is 125 Å². The molecule has 0 atom stereocenters. The van der Waals surface area contributed by atoms with Crippen LogP contribution in [0.25, 0.3) is 17.9 Å². The number of carbonyl (C=O) groups excluding carboxylic acids is 3. The molecule has 54 heavy (non-hydrogen) atoms. The summed E-state index contributed by atoms with van der Waals surface area (Å²) < 4.78 is 7.23. The molecular weight excluding hydrogens is 683 g/mol. The van der Waals surface area contributed by atoms with E-state index in [1.54, 1.807) is 26.4 Å². The van der Waals surface area contributed by atoms with Crippen LogP contribution in [-0.2, 0) is 25.7 Å². The van der Waals surface area contributed by atoms with E-state index in [9.17, 15) is 19.5 Å². The molecule has 8 bridgehead atoms. The number of ketones is 1. The molecule has 0 aliphatic carbocycles. The van der Waals surface area contributed by atoms with Crippen LogP contribution in [0, 0.1) is 6.92 Å². The summed E-state index contributed by atoms with van der Waals surface area (Å²) in [5, 5.41) is 15.2. The zero-order valence-corrected chi connectivity index (χ0v) is 32.0. The normalized spacial score (nSPS) is 17.1. The summed E-state index contributed by atoms with van der Waals surface area (Å²) in [6.07, 6.45) is 15.0. The second-order valence-electron chi connectivity index (χ2n) is 13.8. The second kappa shape index (κ2) is 16.0. The number of nitrogens with one attached hydrogen (secondary N) is 2. The van der Waals surface area contributed by atoms with Gasteiger partial charge in [-0.2, -0.15) is 0 Å². The third kappa shape index (κ3) is 7.87. The van der Waals surface area contributed by atoms with Crippen LogP contribution < -0.4 is 15.9 Å². The van der Waals surface area contributed by atoms with E-state index in [0.717, 1.165) is 46.4 Å². The average molecular weight is 730 g/mol. The predicted octanol–water partition coefficient (Wildman–Crippen LogP) is 5.34. The number of ether oxygens (including phenoxy) is 1. The number of Topliss-reactive ketones (excluding diaryl/α,β-unsaturated/α-hetero) is 1. The van der Waals surface area contributed by atoms with Crippen molar-refractivity contribution < 1.29 is 24.2 Å². The number of carbonyl (C=O) groups is 3. The number of aliphatic hydroxyl groups excluding tert-OH is 1. The fourth-order valence-electron chi connectivity index (χ4n) is 7.27. The zero-order valence-electron chi connectivity index (χ0n) is 32.0. The number of hydrogen-bond acceptors (Lipinski definition) is 9. The second-order valence-corrected chi connectivity index (χ2v) is 13.8. The molecule has 12 nitrogen and oxygen atoms in total. The molecule has 6 heterocycles. The number of nitrogens with zero attached hydrogens (tertiary/aromatic N) is 5. The number of H-pyrrole nitrogens is 1. The van der Waals surface area contributed by atoms with Crippen LogP contribution in [0.3, 0.4) is 0 Å². The topological polar surface area (TPSA) is 163 Å². The Balaban J connectivity index is 1.45. The van der Waals surface area contributed by atoms with Gasteiger partial charge in [0, 0.05) is 54.8 Å². The summed E-state index contributed by atoms with van der Waals surface area (Å²) in [6, 6.07) is 0. The maximum absolute atomic E-state index is 13.1. The predicted molar refractivity (Wildman–Crippen MR) is 211 cm³/mol. The van der Waals surface area contributed by atoms with Crippen LogP contribution in [-0.4, -0.2) is 67.6 Å². The van der Waals surface area contributed by atoms with Crippen LogP contribution in [0.5, 0.6) is 0 Å². The molecule has 0 spiro atoms. The van der Waals surface area contributed by atoms with Crippen molar-refractivity contribution in [2.75, 3.05) is 13.2 Å². The highest BCUT2D eigenvalue weighted by Crippen LogP contribution is 2.36. The molecule has 280 valence electrons. The highest BCUT2D eigenvalue weighted by Gasteiger charge is 2.28. The van der Waals surface area contributed by atoms with Crippen molar-refractivity contribution in [2.45, 2.75) is 87.1 Å². The lowest BCUT2D eigenvalue weighted by atomic mass is 9.96. The highest BCUT2D eigenvalue weighted by molar-refractivity contribution is 6.24. The Morgan fingerprint density at radius 1 is 0.852 bits per heavy atom. The van der Waals surface area contributed by atoms with E-state index < -0.39 is 0 Å². The molecule has 0 saturated heterocycles. The Bertz CT molecular complexity index is 2350. The lowest BCUT2D eigenvalue weighted by molar-refractivity contribution is -0.143. The maximum atomic E-state index is 13.1. The van der Waals surface area contributed by atoms with Gasteiger partial charge in [-0.3, -0.25) is 14.4 Å². The molecule has 6 rings (SSSR count). The van der Waals surface area contributed by atoms with Crippen molar-refractivity contribution in [3.63, 3.8) is 0 Å². The van der Waals surface area contributed by atoms with Crippen LogP contribution in [0.4, 0.5) is 0 Å². The average Bonchev–Trinajstić information content (AvgIpc) is 3.92. The van der Waals surface area contributed by atoms with Crippen molar-refractivity contribution >= 4 is 52.7 Å². The number of aliphatic hydroxyl groups is 1. The summed E-state index contributed by atoms with van der Waals surface area (Å²) in [6.45, 7) is 14.3. The molecule has 12 heteroatoms. The van der Waals surface area contributed by atoms with Gasteiger partial charge in [0.25, 0.3) is 0 Å². The summed E-state index contributed by atoms with van der Waals surface area (Å²) in [7, 11) is 0. The number of amides is 1. The highest BCUT2D eigenvalue weighted by atomic mass is 16.5. The van der Waals surface area contributed by atoms with Gasteiger partial charge < -0.3 is 24.7 Å². The number of rotatable bonds is 12. The van der Waals surface area contributed by atoms with E-state index in [4.69, 9.17) is 19.7 Å². The van der Waals surface area contributed by atoms with Gasteiger partial charge in [-0.1, -0.05) is 0 Å². The lowest BCUT2D eigenvalue weighted by Gasteiger charge is -2.09. The van der Waals surface area contributed by atoms with Crippen LogP contribution in [0.2, 0.25) is 0 Å². The van der Waals surface area contributed by atoms with E-state index in [1.165, 1.54) is 6.92 Å². The van der Waals surface area contributed by atoms with Crippen LogP contribution in [0.15, 0.2) is 96.4 Å². The first-order valence-corrected chi connectivity index (χ1v) is 18.4. The molecule has 1 amide bonds.